The summed E-state index contributed by atoms with van der Waals surface area (Å²) in [6.45, 7) is 3.96. The van der Waals surface area contributed by atoms with E-state index in [9.17, 15) is 4.79 Å². The van der Waals surface area contributed by atoms with E-state index in [1.165, 1.54) is 0 Å². The number of rotatable bonds is 5. The van der Waals surface area contributed by atoms with Gasteiger partial charge in [-0.25, -0.2) is 0 Å². The van der Waals surface area contributed by atoms with Crippen LogP contribution in [0.15, 0.2) is 66.7 Å². The van der Waals surface area contributed by atoms with E-state index in [2.05, 4.69) is 18.3 Å². The lowest BCUT2D eigenvalue weighted by atomic mass is 10.1. The highest BCUT2D eigenvalue weighted by molar-refractivity contribution is 6.31. The summed E-state index contributed by atoms with van der Waals surface area (Å²) in [6.07, 6.45) is 0. The van der Waals surface area contributed by atoms with Gasteiger partial charge in [0.25, 0.3) is 5.91 Å². The SMILES string of the molecule is C[C@H]([NH2+][C@@H](C)c1ccccc1Cl)C(=O)Nc1ccc2ccccc2c1. The highest BCUT2D eigenvalue weighted by Gasteiger charge is 2.21. The van der Waals surface area contributed by atoms with Gasteiger partial charge in [-0.15, -0.1) is 0 Å². The van der Waals surface area contributed by atoms with E-state index in [4.69, 9.17) is 11.6 Å². The highest BCUT2D eigenvalue weighted by Crippen LogP contribution is 2.20. The molecule has 0 saturated carbocycles. The summed E-state index contributed by atoms with van der Waals surface area (Å²) in [6, 6.07) is 21.7. The fraction of sp³-hybridized carbons (Fsp3) is 0.190. The molecule has 3 aromatic rings. The Kier molecular flexibility index (Phi) is 5.37. The van der Waals surface area contributed by atoms with Crippen LogP contribution in [0, 0.1) is 0 Å². The average Bonchev–Trinajstić information content (AvgIpc) is 2.61. The Labute approximate surface area is 153 Å². The smallest absolute Gasteiger partial charge is 0.282 e. The quantitative estimate of drug-likeness (QED) is 0.711. The minimum atomic E-state index is -0.224. The zero-order valence-corrected chi connectivity index (χ0v) is 15.1. The Hall–Kier alpha value is -2.36. The number of fused-ring (bicyclic) bond motifs is 1. The number of carbonyl (C=O) groups is 1. The largest absolute Gasteiger partial charge is 0.330 e. The van der Waals surface area contributed by atoms with Gasteiger partial charge in [0.1, 0.15) is 6.04 Å². The summed E-state index contributed by atoms with van der Waals surface area (Å²) in [5.41, 5.74) is 1.85. The van der Waals surface area contributed by atoms with Crippen molar-refractivity contribution in [3.05, 3.63) is 77.3 Å². The maximum absolute atomic E-state index is 12.5. The predicted molar refractivity (Wildman–Crippen MR) is 104 cm³/mol. The number of nitrogens with one attached hydrogen (secondary N) is 1. The molecule has 0 unspecified atom stereocenters. The van der Waals surface area contributed by atoms with Crippen LogP contribution in [0.2, 0.25) is 5.02 Å². The molecule has 0 bridgehead atoms. The van der Waals surface area contributed by atoms with Crippen LogP contribution in [0.5, 0.6) is 0 Å². The number of quaternary nitrogens is 1. The number of halogens is 1. The van der Waals surface area contributed by atoms with Gasteiger partial charge in [-0.05, 0) is 42.8 Å². The number of benzene rings is 3. The standard InChI is InChI=1S/C21H21ClN2O/c1-14(19-9-5-6-10-20(19)22)23-15(2)21(25)24-18-12-11-16-7-3-4-8-17(16)13-18/h3-15,23H,1-2H3,(H,24,25)/p+1/t14-,15-/m0/s1. The third-order valence-electron chi connectivity index (χ3n) is 4.40. The first-order valence-corrected chi connectivity index (χ1v) is 8.81. The summed E-state index contributed by atoms with van der Waals surface area (Å²) in [5.74, 6) is -0.0193. The molecule has 3 aromatic carbocycles. The lowest BCUT2D eigenvalue weighted by molar-refractivity contribution is -0.709. The van der Waals surface area contributed by atoms with Gasteiger partial charge in [0.2, 0.25) is 0 Å². The molecule has 2 atom stereocenters. The first kappa shape index (κ1) is 17.5. The molecular weight excluding hydrogens is 332 g/mol. The van der Waals surface area contributed by atoms with Crippen molar-refractivity contribution in [2.75, 3.05) is 5.32 Å². The van der Waals surface area contributed by atoms with E-state index in [0.717, 1.165) is 27.0 Å². The third kappa shape index (κ3) is 4.19. The van der Waals surface area contributed by atoms with Gasteiger partial charge in [-0.1, -0.05) is 60.1 Å². The predicted octanol–water partition coefficient (Wildman–Crippen LogP) is 4.14. The topological polar surface area (TPSA) is 45.7 Å². The number of hydrogen-bond acceptors (Lipinski definition) is 1. The van der Waals surface area contributed by atoms with Crippen LogP contribution < -0.4 is 10.6 Å². The first-order valence-electron chi connectivity index (χ1n) is 8.43. The molecule has 0 aromatic heterocycles. The molecule has 0 heterocycles. The second-order valence-corrected chi connectivity index (χ2v) is 6.75. The van der Waals surface area contributed by atoms with E-state index in [1.807, 2.05) is 72.9 Å². The van der Waals surface area contributed by atoms with Gasteiger partial charge in [-0.3, -0.25) is 4.79 Å². The molecule has 128 valence electrons. The molecule has 1 amide bonds. The summed E-state index contributed by atoms with van der Waals surface area (Å²) >= 11 is 6.25. The molecule has 3 rings (SSSR count). The monoisotopic (exact) mass is 353 g/mol. The molecule has 0 aliphatic heterocycles. The van der Waals surface area contributed by atoms with Crippen LogP contribution in [-0.2, 0) is 4.79 Å². The molecule has 0 radical (unpaired) electrons. The van der Waals surface area contributed by atoms with Crippen molar-refractivity contribution in [3.8, 4) is 0 Å². The van der Waals surface area contributed by atoms with Gasteiger partial charge >= 0.3 is 0 Å². The molecule has 25 heavy (non-hydrogen) atoms. The molecule has 0 aliphatic rings. The molecule has 0 spiro atoms. The number of nitrogens with two attached hydrogens (primary N) is 1. The van der Waals surface area contributed by atoms with E-state index in [1.54, 1.807) is 0 Å². The summed E-state index contributed by atoms with van der Waals surface area (Å²) in [5, 5.41) is 8.03. The Morgan fingerprint density at radius 1 is 0.960 bits per heavy atom. The first-order chi connectivity index (χ1) is 12.0. The number of carbonyl (C=O) groups excluding carboxylic acids is 1. The fourth-order valence-electron chi connectivity index (χ4n) is 2.99. The third-order valence-corrected chi connectivity index (χ3v) is 4.75. The number of amides is 1. The second kappa shape index (κ2) is 7.68. The van der Waals surface area contributed by atoms with Crippen molar-refractivity contribution in [1.29, 1.82) is 0 Å². The van der Waals surface area contributed by atoms with Crippen molar-refractivity contribution >= 4 is 34.0 Å². The molecule has 3 N–H and O–H groups in total. The van der Waals surface area contributed by atoms with Gasteiger partial charge in [-0.2, -0.15) is 0 Å². The minimum Gasteiger partial charge on any atom is -0.330 e. The van der Waals surface area contributed by atoms with Crippen molar-refractivity contribution in [1.82, 2.24) is 0 Å². The number of hydrogen-bond donors (Lipinski definition) is 2. The lowest BCUT2D eigenvalue weighted by Crippen LogP contribution is -2.91. The zero-order valence-electron chi connectivity index (χ0n) is 14.4. The van der Waals surface area contributed by atoms with Crippen LogP contribution >= 0.6 is 11.6 Å². The normalized spacial score (nSPS) is 13.4. The summed E-state index contributed by atoms with van der Waals surface area (Å²) in [7, 11) is 0. The molecule has 0 saturated heterocycles. The van der Waals surface area contributed by atoms with Gasteiger partial charge in [0.15, 0.2) is 6.04 Å². The Bertz CT molecular complexity index is 894. The lowest BCUT2D eigenvalue weighted by Gasteiger charge is -2.18. The van der Waals surface area contributed by atoms with Crippen molar-refractivity contribution in [2.45, 2.75) is 25.9 Å². The Morgan fingerprint density at radius 2 is 1.64 bits per heavy atom. The van der Waals surface area contributed by atoms with Crippen LogP contribution in [0.4, 0.5) is 5.69 Å². The Balaban J connectivity index is 1.66. The Morgan fingerprint density at radius 3 is 2.40 bits per heavy atom. The van der Waals surface area contributed by atoms with E-state index in [-0.39, 0.29) is 18.0 Å². The highest BCUT2D eigenvalue weighted by atomic mass is 35.5. The van der Waals surface area contributed by atoms with Gasteiger partial charge in [0.05, 0.1) is 0 Å². The van der Waals surface area contributed by atoms with E-state index >= 15 is 0 Å². The van der Waals surface area contributed by atoms with Crippen molar-refractivity contribution in [2.24, 2.45) is 0 Å². The van der Waals surface area contributed by atoms with Crippen molar-refractivity contribution < 1.29 is 10.1 Å². The zero-order chi connectivity index (χ0) is 17.8. The number of anilines is 1. The van der Waals surface area contributed by atoms with E-state index in [0.29, 0.717) is 0 Å². The maximum Gasteiger partial charge on any atom is 0.282 e. The van der Waals surface area contributed by atoms with E-state index < -0.39 is 0 Å². The average molecular weight is 354 g/mol. The maximum atomic E-state index is 12.5. The molecule has 0 aliphatic carbocycles. The second-order valence-electron chi connectivity index (χ2n) is 6.34. The summed E-state index contributed by atoms with van der Waals surface area (Å²) < 4.78 is 0. The van der Waals surface area contributed by atoms with Crippen LogP contribution in [-0.4, -0.2) is 11.9 Å². The molecule has 3 nitrogen and oxygen atoms in total. The van der Waals surface area contributed by atoms with Crippen LogP contribution in [0.25, 0.3) is 10.8 Å². The van der Waals surface area contributed by atoms with Gasteiger partial charge < -0.3 is 10.6 Å². The fourth-order valence-corrected chi connectivity index (χ4v) is 3.30. The van der Waals surface area contributed by atoms with Crippen LogP contribution in [0.1, 0.15) is 25.5 Å². The molecular formula is C21H22ClN2O+. The van der Waals surface area contributed by atoms with Crippen molar-refractivity contribution in [3.63, 3.8) is 0 Å². The van der Waals surface area contributed by atoms with Gasteiger partial charge in [0, 0.05) is 16.3 Å². The summed E-state index contributed by atoms with van der Waals surface area (Å²) in [4.78, 5) is 12.5. The van der Waals surface area contributed by atoms with Crippen LogP contribution in [0.3, 0.4) is 0 Å². The molecule has 0 fully saturated rings. The minimum absolute atomic E-state index is 0.0193. The molecule has 4 heteroatoms.